The SMILES string of the molecule is Cc1ccc(NC(=O)c2ccc(=O)n(CCC(=O)N3CCCC[C@@H]3C)n2)cc1. The average Bonchev–Trinajstić information content (AvgIpc) is 2.69. The summed E-state index contributed by atoms with van der Waals surface area (Å²) in [4.78, 5) is 38.9. The third kappa shape index (κ3) is 4.85. The second-order valence-electron chi connectivity index (χ2n) is 7.28. The summed E-state index contributed by atoms with van der Waals surface area (Å²) >= 11 is 0. The van der Waals surface area contributed by atoms with Gasteiger partial charge in [0.1, 0.15) is 5.69 Å². The second kappa shape index (κ2) is 8.82. The van der Waals surface area contributed by atoms with Crippen LogP contribution >= 0.6 is 0 Å². The summed E-state index contributed by atoms with van der Waals surface area (Å²) in [6.45, 7) is 4.94. The van der Waals surface area contributed by atoms with E-state index in [1.807, 2.05) is 36.1 Å². The fourth-order valence-corrected chi connectivity index (χ4v) is 3.38. The fraction of sp³-hybridized carbons (Fsp3) is 0.429. The lowest BCUT2D eigenvalue weighted by Crippen LogP contribution is -2.42. The van der Waals surface area contributed by atoms with Crippen molar-refractivity contribution in [2.24, 2.45) is 0 Å². The number of rotatable bonds is 5. The molecular formula is C21H26N4O3. The minimum Gasteiger partial charge on any atom is -0.340 e. The highest BCUT2D eigenvalue weighted by Gasteiger charge is 2.23. The summed E-state index contributed by atoms with van der Waals surface area (Å²) in [5.41, 5.74) is 1.56. The second-order valence-corrected chi connectivity index (χ2v) is 7.28. The normalized spacial score (nSPS) is 16.6. The van der Waals surface area contributed by atoms with Crippen LogP contribution in [0.2, 0.25) is 0 Å². The lowest BCUT2D eigenvalue weighted by atomic mass is 10.0. The van der Waals surface area contributed by atoms with E-state index in [2.05, 4.69) is 17.3 Å². The lowest BCUT2D eigenvalue weighted by molar-refractivity contribution is -0.134. The Hall–Kier alpha value is -2.96. The monoisotopic (exact) mass is 382 g/mol. The van der Waals surface area contributed by atoms with Crippen LogP contribution in [0.25, 0.3) is 0 Å². The van der Waals surface area contributed by atoms with Crippen molar-refractivity contribution in [1.82, 2.24) is 14.7 Å². The Bertz CT molecular complexity index is 905. The number of hydrogen-bond acceptors (Lipinski definition) is 4. The molecule has 3 rings (SSSR count). The van der Waals surface area contributed by atoms with Gasteiger partial charge in [0.05, 0.1) is 6.54 Å². The van der Waals surface area contributed by atoms with Gasteiger partial charge in [-0.3, -0.25) is 14.4 Å². The van der Waals surface area contributed by atoms with Crippen molar-refractivity contribution in [1.29, 1.82) is 0 Å². The molecule has 1 N–H and O–H groups in total. The molecule has 7 nitrogen and oxygen atoms in total. The number of likely N-dealkylation sites (tertiary alicyclic amines) is 1. The predicted molar refractivity (Wildman–Crippen MR) is 107 cm³/mol. The molecule has 1 atom stereocenters. The van der Waals surface area contributed by atoms with Gasteiger partial charge in [-0.2, -0.15) is 5.10 Å². The van der Waals surface area contributed by atoms with Crippen molar-refractivity contribution in [3.8, 4) is 0 Å². The number of hydrogen-bond donors (Lipinski definition) is 1. The van der Waals surface area contributed by atoms with Gasteiger partial charge in [-0.25, -0.2) is 4.68 Å². The highest BCUT2D eigenvalue weighted by Crippen LogP contribution is 2.17. The Morgan fingerprint density at radius 1 is 1.14 bits per heavy atom. The van der Waals surface area contributed by atoms with Gasteiger partial charge in [0, 0.05) is 30.8 Å². The fourth-order valence-electron chi connectivity index (χ4n) is 3.38. The Morgan fingerprint density at radius 3 is 2.61 bits per heavy atom. The molecule has 0 spiro atoms. The van der Waals surface area contributed by atoms with Crippen LogP contribution in [-0.2, 0) is 11.3 Å². The molecule has 1 aromatic carbocycles. The van der Waals surface area contributed by atoms with Gasteiger partial charge in [0.25, 0.3) is 11.5 Å². The van der Waals surface area contributed by atoms with Crippen LogP contribution in [-0.4, -0.2) is 39.1 Å². The number of aromatic nitrogens is 2. The van der Waals surface area contributed by atoms with Crippen LogP contribution < -0.4 is 10.9 Å². The minimum absolute atomic E-state index is 0.0235. The van der Waals surface area contributed by atoms with E-state index in [1.54, 1.807) is 0 Å². The first-order valence-corrected chi connectivity index (χ1v) is 9.70. The molecule has 1 aliphatic rings. The Morgan fingerprint density at radius 2 is 1.89 bits per heavy atom. The molecule has 1 aromatic heterocycles. The third-order valence-electron chi connectivity index (χ3n) is 5.07. The first-order valence-electron chi connectivity index (χ1n) is 9.70. The van der Waals surface area contributed by atoms with E-state index in [4.69, 9.17) is 0 Å². The maximum absolute atomic E-state index is 12.5. The molecular weight excluding hydrogens is 356 g/mol. The van der Waals surface area contributed by atoms with Crippen LogP contribution in [0.5, 0.6) is 0 Å². The van der Waals surface area contributed by atoms with E-state index in [0.29, 0.717) is 5.69 Å². The van der Waals surface area contributed by atoms with E-state index >= 15 is 0 Å². The lowest BCUT2D eigenvalue weighted by Gasteiger charge is -2.33. The summed E-state index contributed by atoms with van der Waals surface area (Å²) in [6.07, 6.45) is 3.37. The van der Waals surface area contributed by atoms with Gasteiger partial charge in [-0.05, 0) is 51.3 Å². The number of anilines is 1. The van der Waals surface area contributed by atoms with E-state index < -0.39 is 5.91 Å². The summed E-state index contributed by atoms with van der Waals surface area (Å²) < 4.78 is 1.19. The highest BCUT2D eigenvalue weighted by atomic mass is 16.2. The first kappa shape index (κ1) is 19.8. The van der Waals surface area contributed by atoms with Crippen LogP contribution in [0.3, 0.4) is 0 Å². The number of carbonyl (C=O) groups excluding carboxylic acids is 2. The zero-order chi connectivity index (χ0) is 20.1. The summed E-state index contributed by atoms with van der Waals surface area (Å²) in [5, 5.41) is 6.91. The van der Waals surface area contributed by atoms with Gasteiger partial charge < -0.3 is 10.2 Å². The molecule has 28 heavy (non-hydrogen) atoms. The van der Waals surface area contributed by atoms with E-state index in [1.165, 1.54) is 16.8 Å². The largest absolute Gasteiger partial charge is 0.340 e. The first-order chi connectivity index (χ1) is 13.4. The molecule has 1 fully saturated rings. The van der Waals surface area contributed by atoms with Crippen molar-refractivity contribution in [2.45, 2.75) is 52.1 Å². The Balaban J connectivity index is 1.65. The average molecular weight is 382 g/mol. The van der Waals surface area contributed by atoms with Crippen molar-refractivity contribution in [3.63, 3.8) is 0 Å². The molecule has 2 amide bonds. The Kier molecular flexibility index (Phi) is 6.23. The van der Waals surface area contributed by atoms with Crippen molar-refractivity contribution in [2.75, 3.05) is 11.9 Å². The molecule has 0 unspecified atom stereocenters. The smallest absolute Gasteiger partial charge is 0.276 e. The highest BCUT2D eigenvalue weighted by molar-refractivity contribution is 6.02. The van der Waals surface area contributed by atoms with Crippen LogP contribution in [0, 0.1) is 6.92 Å². The molecule has 0 radical (unpaired) electrons. The standard InChI is InChI=1S/C21H26N4O3/c1-15-6-8-17(9-7-15)22-21(28)18-10-11-20(27)25(23-18)14-12-19(26)24-13-4-3-5-16(24)2/h6-11,16H,3-5,12-14H2,1-2H3,(H,22,28)/t16-/m0/s1. The number of amides is 2. The molecule has 2 aromatic rings. The van der Waals surface area contributed by atoms with Gasteiger partial charge in [-0.15, -0.1) is 0 Å². The number of aryl methyl sites for hydroxylation is 2. The van der Waals surface area contributed by atoms with E-state index in [0.717, 1.165) is 31.4 Å². The summed E-state index contributed by atoms with van der Waals surface area (Å²) in [5.74, 6) is -0.371. The van der Waals surface area contributed by atoms with Crippen molar-refractivity contribution < 1.29 is 9.59 Å². The topological polar surface area (TPSA) is 84.3 Å². The molecule has 0 saturated carbocycles. The van der Waals surface area contributed by atoms with E-state index in [-0.39, 0.29) is 36.2 Å². The minimum atomic E-state index is -0.395. The third-order valence-corrected chi connectivity index (χ3v) is 5.07. The number of nitrogens with one attached hydrogen (secondary N) is 1. The van der Waals surface area contributed by atoms with Crippen molar-refractivity contribution in [3.05, 3.63) is 58.0 Å². The molecule has 148 valence electrons. The van der Waals surface area contributed by atoms with E-state index in [9.17, 15) is 14.4 Å². The summed E-state index contributed by atoms with van der Waals surface area (Å²) in [7, 11) is 0. The van der Waals surface area contributed by atoms with Gasteiger partial charge in [0.15, 0.2) is 0 Å². The Labute approximate surface area is 164 Å². The molecule has 7 heteroatoms. The molecule has 1 aliphatic heterocycles. The van der Waals surface area contributed by atoms with Gasteiger partial charge in [-0.1, -0.05) is 17.7 Å². The maximum atomic E-state index is 12.5. The number of carbonyl (C=O) groups is 2. The zero-order valence-electron chi connectivity index (χ0n) is 16.4. The molecule has 0 bridgehead atoms. The molecule has 0 aliphatic carbocycles. The zero-order valence-corrected chi connectivity index (χ0v) is 16.4. The molecule has 1 saturated heterocycles. The number of benzene rings is 1. The van der Waals surface area contributed by atoms with Crippen LogP contribution in [0.4, 0.5) is 5.69 Å². The quantitative estimate of drug-likeness (QED) is 0.861. The molecule has 2 heterocycles. The van der Waals surface area contributed by atoms with Crippen molar-refractivity contribution >= 4 is 17.5 Å². The van der Waals surface area contributed by atoms with Crippen LogP contribution in [0.1, 0.15) is 48.7 Å². The van der Waals surface area contributed by atoms with Gasteiger partial charge >= 0.3 is 0 Å². The van der Waals surface area contributed by atoms with Crippen LogP contribution in [0.15, 0.2) is 41.2 Å². The number of piperidine rings is 1. The maximum Gasteiger partial charge on any atom is 0.276 e. The summed E-state index contributed by atoms with van der Waals surface area (Å²) in [6, 6.07) is 10.4. The number of nitrogens with zero attached hydrogens (tertiary/aromatic N) is 3. The predicted octanol–water partition coefficient (Wildman–Crippen LogP) is 2.60. The van der Waals surface area contributed by atoms with Gasteiger partial charge in [0.2, 0.25) is 5.91 Å².